The summed E-state index contributed by atoms with van der Waals surface area (Å²) in [4.78, 5) is 12.4. The van der Waals surface area contributed by atoms with E-state index in [2.05, 4.69) is 10.5 Å². The number of nitrogens with zero attached hydrogens (tertiary/aromatic N) is 1. The van der Waals surface area contributed by atoms with Crippen LogP contribution in [0.15, 0.2) is 53.1 Å². The first-order valence-electron chi connectivity index (χ1n) is 7.74. The van der Waals surface area contributed by atoms with Crippen molar-refractivity contribution < 1.29 is 18.4 Å². The fourth-order valence-electron chi connectivity index (χ4n) is 2.41. The number of hydrogen-bond acceptors (Lipinski definition) is 4. The van der Waals surface area contributed by atoms with E-state index in [1.54, 1.807) is 50.2 Å². The Morgan fingerprint density at radius 1 is 1.20 bits per heavy atom. The molecular weight excluding hydrogens is 323 g/mol. The van der Waals surface area contributed by atoms with Crippen LogP contribution in [0.25, 0.3) is 0 Å². The zero-order valence-electron chi connectivity index (χ0n) is 13.9. The van der Waals surface area contributed by atoms with Crippen LogP contribution in [0.1, 0.15) is 27.4 Å². The molecule has 3 rings (SSSR count). The lowest BCUT2D eigenvalue weighted by atomic mass is 10.2. The van der Waals surface area contributed by atoms with Crippen LogP contribution in [0.5, 0.6) is 5.75 Å². The first-order chi connectivity index (χ1) is 12.0. The quantitative estimate of drug-likeness (QED) is 0.754. The molecule has 128 valence electrons. The Kier molecular flexibility index (Phi) is 4.79. The fraction of sp³-hybridized carbons (Fsp3) is 0.158. The molecule has 1 amide bonds. The van der Waals surface area contributed by atoms with Crippen molar-refractivity contribution in [1.82, 2.24) is 5.16 Å². The Labute approximate surface area is 144 Å². The summed E-state index contributed by atoms with van der Waals surface area (Å²) in [5.74, 6) is 0.499. The van der Waals surface area contributed by atoms with Gasteiger partial charge in [-0.25, -0.2) is 4.39 Å². The highest BCUT2D eigenvalue weighted by molar-refractivity contribution is 6.05. The maximum Gasteiger partial charge on any atom is 0.261 e. The molecule has 1 heterocycles. The zero-order chi connectivity index (χ0) is 17.8. The average Bonchev–Trinajstić information content (AvgIpc) is 2.93. The maximum absolute atomic E-state index is 12.9. The first-order valence-corrected chi connectivity index (χ1v) is 7.74. The third-order valence-corrected chi connectivity index (χ3v) is 3.67. The molecule has 0 unspecified atom stereocenters. The normalized spacial score (nSPS) is 10.5. The number of anilines is 1. The van der Waals surface area contributed by atoms with Gasteiger partial charge in [-0.1, -0.05) is 23.4 Å². The maximum atomic E-state index is 12.9. The molecule has 0 fully saturated rings. The van der Waals surface area contributed by atoms with E-state index < -0.39 is 0 Å². The van der Waals surface area contributed by atoms with Gasteiger partial charge in [0, 0.05) is 11.8 Å². The summed E-state index contributed by atoms with van der Waals surface area (Å²) in [5, 5.41) is 6.58. The molecule has 3 aromatic rings. The van der Waals surface area contributed by atoms with E-state index in [-0.39, 0.29) is 11.7 Å². The minimum atomic E-state index is -0.285. The molecule has 25 heavy (non-hydrogen) atoms. The van der Waals surface area contributed by atoms with Gasteiger partial charge in [-0.15, -0.1) is 0 Å². The molecule has 5 nitrogen and oxygen atoms in total. The molecule has 0 aliphatic heterocycles. The van der Waals surface area contributed by atoms with Gasteiger partial charge >= 0.3 is 0 Å². The number of benzene rings is 2. The Hall–Kier alpha value is -3.15. The van der Waals surface area contributed by atoms with Gasteiger partial charge < -0.3 is 14.6 Å². The number of hydrogen-bond donors (Lipinski definition) is 1. The number of carbonyl (C=O) groups is 1. The Balaban J connectivity index is 1.67. The number of aromatic nitrogens is 1. The van der Waals surface area contributed by atoms with Crippen molar-refractivity contribution in [3.8, 4) is 5.75 Å². The summed E-state index contributed by atoms with van der Waals surface area (Å²) in [6.45, 7) is 3.71. The van der Waals surface area contributed by atoms with Crippen LogP contribution in [0.4, 0.5) is 10.1 Å². The van der Waals surface area contributed by atoms with Crippen molar-refractivity contribution in [2.75, 3.05) is 5.32 Å². The van der Waals surface area contributed by atoms with Crippen LogP contribution < -0.4 is 10.1 Å². The van der Waals surface area contributed by atoms with Crippen molar-refractivity contribution >= 4 is 11.6 Å². The van der Waals surface area contributed by atoms with Crippen LogP contribution in [0, 0.1) is 19.7 Å². The minimum absolute atomic E-state index is 0.284. The molecule has 6 heteroatoms. The number of nitrogens with one attached hydrogen (secondary N) is 1. The summed E-state index contributed by atoms with van der Waals surface area (Å²) in [5.41, 5.74) is 2.42. The van der Waals surface area contributed by atoms with Gasteiger partial charge in [0.15, 0.2) is 0 Å². The van der Waals surface area contributed by atoms with E-state index in [0.717, 1.165) is 5.56 Å². The van der Waals surface area contributed by atoms with Gasteiger partial charge in [0.05, 0.1) is 5.69 Å². The molecule has 0 aliphatic carbocycles. The van der Waals surface area contributed by atoms with Gasteiger partial charge in [0.1, 0.15) is 29.5 Å². The summed E-state index contributed by atoms with van der Waals surface area (Å²) < 4.78 is 23.6. The monoisotopic (exact) mass is 340 g/mol. The highest BCUT2D eigenvalue weighted by Gasteiger charge is 2.17. The number of carbonyl (C=O) groups excluding carboxylic acids is 1. The highest BCUT2D eigenvalue weighted by atomic mass is 19.1. The SMILES string of the molecule is Cc1noc(C)c1C(=O)Nc1cccc(OCc2ccc(F)cc2)c1. The van der Waals surface area contributed by atoms with E-state index in [4.69, 9.17) is 9.26 Å². The molecule has 0 spiro atoms. The lowest BCUT2D eigenvalue weighted by molar-refractivity contribution is 0.102. The lowest BCUT2D eigenvalue weighted by Gasteiger charge is -2.09. The van der Waals surface area contributed by atoms with Crippen LogP contribution in [-0.4, -0.2) is 11.1 Å². The summed E-state index contributed by atoms with van der Waals surface area (Å²) in [6, 6.07) is 13.2. The van der Waals surface area contributed by atoms with E-state index in [1.807, 2.05) is 0 Å². The van der Waals surface area contributed by atoms with Crippen LogP contribution in [0.3, 0.4) is 0 Å². The number of aryl methyl sites for hydroxylation is 2. The molecule has 1 aromatic heterocycles. The third kappa shape index (κ3) is 4.03. The number of halogens is 1. The van der Waals surface area contributed by atoms with Crippen molar-refractivity contribution in [3.63, 3.8) is 0 Å². The molecule has 0 atom stereocenters. The van der Waals surface area contributed by atoms with Gasteiger partial charge in [-0.2, -0.15) is 0 Å². The molecular formula is C19H17FN2O3. The lowest BCUT2D eigenvalue weighted by Crippen LogP contribution is -2.13. The highest BCUT2D eigenvalue weighted by Crippen LogP contribution is 2.21. The zero-order valence-corrected chi connectivity index (χ0v) is 13.9. The Morgan fingerprint density at radius 2 is 1.96 bits per heavy atom. The van der Waals surface area contributed by atoms with E-state index in [1.165, 1.54) is 12.1 Å². The van der Waals surface area contributed by atoms with Crippen LogP contribution in [0.2, 0.25) is 0 Å². The van der Waals surface area contributed by atoms with Gasteiger partial charge in [-0.3, -0.25) is 4.79 Å². The van der Waals surface area contributed by atoms with Crippen molar-refractivity contribution in [3.05, 3.63) is 76.9 Å². The second-order valence-electron chi connectivity index (χ2n) is 5.60. The number of amides is 1. The van der Waals surface area contributed by atoms with Crippen molar-refractivity contribution in [2.45, 2.75) is 20.5 Å². The van der Waals surface area contributed by atoms with E-state index in [9.17, 15) is 9.18 Å². The van der Waals surface area contributed by atoms with Gasteiger partial charge in [0.2, 0.25) is 0 Å². The molecule has 1 N–H and O–H groups in total. The van der Waals surface area contributed by atoms with Crippen molar-refractivity contribution in [2.24, 2.45) is 0 Å². The number of ether oxygens (including phenoxy) is 1. The second kappa shape index (κ2) is 7.17. The molecule has 0 radical (unpaired) electrons. The Morgan fingerprint density at radius 3 is 2.64 bits per heavy atom. The van der Waals surface area contributed by atoms with Gasteiger partial charge in [-0.05, 0) is 43.7 Å². The molecule has 2 aromatic carbocycles. The largest absolute Gasteiger partial charge is 0.489 e. The smallest absolute Gasteiger partial charge is 0.261 e. The summed E-state index contributed by atoms with van der Waals surface area (Å²) in [6.07, 6.45) is 0. The molecule has 0 bridgehead atoms. The molecule has 0 saturated carbocycles. The molecule has 0 aliphatic rings. The summed E-state index contributed by atoms with van der Waals surface area (Å²) >= 11 is 0. The Bertz CT molecular complexity index is 868. The van der Waals surface area contributed by atoms with E-state index >= 15 is 0 Å². The van der Waals surface area contributed by atoms with Gasteiger partial charge in [0.25, 0.3) is 5.91 Å². The summed E-state index contributed by atoms with van der Waals surface area (Å²) in [7, 11) is 0. The van der Waals surface area contributed by atoms with Crippen molar-refractivity contribution in [1.29, 1.82) is 0 Å². The minimum Gasteiger partial charge on any atom is -0.489 e. The standard InChI is InChI=1S/C19H17FN2O3/c1-12-18(13(2)25-22-12)19(23)21-16-4-3-5-17(10-16)24-11-14-6-8-15(20)9-7-14/h3-10H,11H2,1-2H3,(H,21,23). The fourth-order valence-corrected chi connectivity index (χ4v) is 2.41. The van der Waals surface area contributed by atoms with Crippen LogP contribution >= 0.6 is 0 Å². The van der Waals surface area contributed by atoms with Crippen LogP contribution in [-0.2, 0) is 6.61 Å². The predicted octanol–water partition coefficient (Wildman–Crippen LogP) is 4.26. The molecule has 0 saturated heterocycles. The first kappa shape index (κ1) is 16.7. The predicted molar refractivity (Wildman–Crippen MR) is 91.1 cm³/mol. The third-order valence-electron chi connectivity index (χ3n) is 3.67. The topological polar surface area (TPSA) is 64.4 Å². The average molecular weight is 340 g/mol. The number of rotatable bonds is 5. The second-order valence-corrected chi connectivity index (χ2v) is 5.60. The van der Waals surface area contributed by atoms with E-state index in [0.29, 0.717) is 35.1 Å².